The number of nitrogens with one attached hydrogen (secondary N) is 1. The van der Waals surface area contributed by atoms with Crippen LogP contribution in [0.1, 0.15) is 30.0 Å². The predicted molar refractivity (Wildman–Crippen MR) is 76.7 cm³/mol. The average molecular weight is 284 g/mol. The molecule has 0 saturated carbocycles. The van der Waals surface area contributed by atoms with E-state index >= 15 is 0 Å². The van der Waals surface area contributed by atoms with Crippen LogP contribution in [0.2, 0.25) is 10.0 Å². The molecule has 0 radical (unpaired) electrons. The quantitative estimate of drug-likeness (QED) is 0.818. The molecule has 1 N–H and O–H groups in total. The zero-order valence-corrected chi connectivity index (χ0v) is 12.1. The molecule has 1 aromatic heterocycles. The lowest BCUT2D eigenvalue weighted by molar-refractivity contribution is 0.500. The van der Waals surface area contributed by atoms with Gasteiger partial charge in [-0.2, -0.15) is 0 Å². The van der Waals surface area contributed by atoms with Gasteiger partial charge in [-0.15, -0.1) is 0 Å². The highest BCUT2D eigenvalue weighted by atomic mass is 35.5. The van der Waals surface area contributed by atoms with Crippen LogP contribution in [0, 0.1) is 13.8 Å². The predicted octanol–water partition coefficient (Wildman–Crippen LogP) is 5.38. The van der Waals surface area contributed by atoms with E-state index in [0.29, 0.717) is 10.0 Å². The maximum Gasteiger partial charge on any atom is 0.106 e. The van der Waals surface area contributed by atoms with Crippen LogP contribution in [0.25, 0.3) is 0 Å². The molecule has 0 bridgehead atoms. The van der Waals surface area contributed by atoms with E-state index in [1.807, 2.05) is 32.0 Å². The van der Waals surface area contributed by atoms with E-state index in [1.165, 1.54) is 0 Å². The number of rotatable bonds is 3. The number of benzene rings is 1. The Balaban J connectivity index is 2.18. The third-order valence-electron chi connectivity index (χ3n) is 2.85. The average Bonchev–Trinajstić information content (AvgIpc) is 2.63. The minimum absolute atomic E-state index is 0.152. The second kappa shape index (κ2) is 5.25. The molecule has 0 saturated heterocycles. The molecule has 0 amide bonds. The number of hydrogen-bond donors (Lipinski definition) is 1. The van der Waals surface area contributed by atoms with Crippen LogP contribution in [0.5, 0.6) is 0 Å². The summed E-state index contributed by atoms with van der Waals surface area (Å²) in [6.45, 7) is 6.00. The van der Waals surface area contributed by atoms with E-state index < -0.39 is 0 Å². The van der Waals surface area contributed by atoms with Crippen molar-refractivity contribution in [2.45, 2.75) is 26.8 Å². The molecular weight excluding hydrogens is 269 g/mol. The van der Waals surface area contributed by atoms with E-state index in [0.717, 1.165) is 22.8 Å². The molecule has 1 atom stereocenters. The molecule has 2 aromatic rings. The van der Waals surface area contributed by atoms with Crippen LogP contribution in [-0.4, -0.2) is 0 Å². The fraction of sp³-hybridized carbons (Fsp3) is 0.286. The summed E-state index contributed by atoms with van der Waals surface area (Å²) < 4.78 is 5.53. The Bertz CT molecular complexity index is 563. The molecule has 0 aliphatic carbocycles. The van der Waals surface area contributed by atoms with Gasteiger partial charge in [-0.05, 0) is 45.0 Å². The molecule has 4 heteroatoms. The highest BCUT2D eigenvalue weighted by molar-refractivity contribution is 6.42. The third kappa shape index (κ3) is 2.82. The summed E-state index contributed by atoms with van der Waals surface area (Å²) in [4.78, 5) is 0. The zero-order valence-electron chi connectivity index (χ0n) is 10.6. The standard InChI is InChI=1S/C14H15Cl2NO/c1-8-6-12(10(3)18-8)9(2)17-11-4-5-13(15)14(16)7-11/h4-7,9,17H,1-3H3. The fourth-order valence-corrected chi connectivity index (χ4v) is 2.29. The van der Waals surface area contributed by atoms with Gasteiger partial charge in [0.2, 0.25) is 0 Å². The van der Waals surface area contributed by atoms with Gasteiger partial charge in [0, 0.05) is 11.3 Å². The van der Waals surface area contributed by atoms with E-state index in [9.17, 15) is 0 Å². The van der Waals surface area contributed by atoms with Crippen molar-refractivity contribution in [3.63, 3.8) is 0 Å². The second-order valence-electron chi connectivity index (χ2n) is 4.36. The van der Waals surface area contributed by atoms with Crippen LogP contribution in [0.15, 0.2) is 28.7 Å². The van der Waals surface area contributed by atoms with Gasteiger partial charge in [-0.1, -0.05) is 23.2 Å². The number of furan rings is 1. The van der Waals surface area contributed by atoms with E-state index in [2.05, 4.69) is 12.2 Å². The monoisotopic (exact) mass is 283 g/mol. The summed E-state index contributed by atoms with van der Waals surface area (Å²) in [6, 6.07) is 7.71. The lowest BCUT2D eigenvalue weighted by atomic mass is 10.1. The van der Waals surface area contributed by atoms with Gasteiger partial charge in [0.15, 0.2) is 0 Å². The molecule has 0 aliphatic heterocycles. The maximum absolute atomic E-state index is 5.99. The molecular formula is C14H15Cl2NO. The number of halogens is 2. The molecule has 0 aliphatic rings. The Morgan fingerprint density at radius 2 is 1.83 bits per heavy atom. The first-order valence-corrected chi connectivity index (χ1v) is 6.51. The van der Waals surface area contributed by atoms with Crippen molar-refractivity contribution in [1.82, 2.24) is 0 Å². The topological polar surface area (TPSA) is 25.2 Å². The van der Waals surface area contributed by atoms with Crippen LogP contribution < -0.4 is 5.32 Å². The summed E-state index contributed by atoms with van der Waals surface area (Å²) in [7, 11) is 0. The largest absolute Gasteiger partial charge is 0.466 e. The normalized spacial score (nSPS) is 12.5. The van der Waals surface area contributed by atoms with Gasteiger partial charge in [-0.25, -0.2) is 0 Å². The summed E-state index contributed by atoms with van der Waals surface area (Å²) in [5, 5.41) is 4.49. The van der Waals surface area contributed by atoms with Crippen molar-refractivity contribution >= 4 is 28.9 Å². The Kier molecular flexibility index (Phi) is 3.88. The molecule has 1 unspecified atom stereocenters. The number of anilines is 1. The summed E-state index contributed by atoms with van der Waals surface area (Å²) in [5.41, 5.74) is 2.09. The van der Waals surface area contributed by atoms with Crippen molar-refractivity contribution in [1.29, 1.82) is 0 Å². The van der Waals surface area contributed by atoms with E-state index in [4.69, 9.17) is 27.6 Å². The van der Waals surface area contributed by atoms with Crippen molar-refractivity contribution < 1.29 is 4.42 Å². The smallest absolute Gasteiger partial charge is 0.106 e. The van der Waals surface area contributed by atoms with Gasteiger partial charge >= 0.3 is 0 Å². The zero-order chi connectivity index (χ0) is 13.3. The third-order valence-corrected chi connectivity index (χ3v) is 3.59. The Morgan fingerprint density at radius 1 is 1.11 bits per heavy atom. The van der Waals surface area contributed by atoms with Gasteiger partial charge < -0.3 is 9.73 Å². The first-order chi connectivity index (χ1) is 8.47. The maximum atomic E-state index is 5.99. The molecule has 0 fully saturated rings. The van der Waals surface area contributed by atoms with Gasteiger partial charge in [0.05, 0.1) is 16.1 Å². The first kappa shape index (κ1) is 13.3. The Labute approximate surface area is 117 Å². The molecule has 96 valence electrons. The van der Waals surface area contributed by atoms with Gasteiger partial charge in [-0.3, -0.25) is 0 Å². The van der Waals surface area contributed by atoms with E-state index in [1.54, 1.807) is 6.07 Å². The highest BCUT2D eigenvalue weighted by Gasteiger charge is 2.12. The molecule has 1 aromatic carbocycles. The van der Waals surface area contributed by atoms with Crippen molar-refractivity contribution in [3.8, 4) is 0 Å². The van der Waals surface area contributed by atoms with Gasteiger partial charge in [0.25, 0.3) is 0 Å². The van der Waals surface area contributed by atoms with Gasteiger partial charge in [0.1, 0.15) is 11.5 Å². The number of hydrogen-bond acceptors (Lipinski definition) is 2. The van der Waals surface area contributed by atoms with E-state index in [-0.39, 0.29) is 6.04 Å². The highest BCUT2D eigenvalue weighted by Crippen LogP contribution is 2.29. The Hall–Kier alpha value is -1.12. The second-order valence-corrected chi connectivity index (χ2v) is 5.18. The molecule has 2 rings (SSSR count). The van der Waals surface area contributed by atoms with Crippen LogP contribution in [-0.2, 0) is 0 Å². The fourth-order valence-electron chi connectivity index (χ4n) is 1.99. The lowest BCUT2D eigenvalue weighted by Crippen LogP contribution is -2.06. The summed E-state index contributed by atoms with van der Waals surface area (Å²) >= 11 is 11.9. The van der Waals surface area contributed by atoms with Crippen LogP contribution in [0.4, 0.5) is 5.69 Å². The Morgan fingerprint density at radius 3 is 2.39 bits per heavy atom. The minimum atomic E-state index is 0.152. The molecule has 1 heterocycles. The molecule has 2 nitrogen and oxygen atoms in total. The SMILES string of the molecule is Cc1cc(C(C)Nc2ccc(Cl)c(Cl)c2)c(C)o1. The summed E-state index contributed by atoms with van der Waals surface area (Å²) in [6.07, 6.45) is 0. The molecule has 18 heavy (non-hydrogen) atoms. The number of aryl methyl sites for hydroxylation is 2. The molecule has 0 spiro atoms. The first-order valence-electron chi connectivity index (χ1n) is 5.76. The van der Waals surface area contributed by atoms with Crippen molar-refractivity contribution in [2.24, 2.45) is 0 Å². The van der Waals surface area contributed by atoms with Crippen LogP contribution >= 0.6 is 23.2 Å². The van der Waals surface area contributed by atoms with Crippen molar-refractivity contribution in [3.05, 3.63) is 51.4 Å². The minimum Gasteiger partial charge on any atom is -0.466 e. The van der Waals surface area contributed by atoms with Crippen molar-refractivity contribution in [2.75, 3.05) is 5.32 Å². The lowest BCUT2D eigenvalue weighted by Gasteiger charge is -2.15. The summed E-state index contributed by atoms with van der Waals surface area (Å²) in [5.74, 6) is 1.86. The van der Waals surface area contributed by atoms with Crippen LogP contribution in [0.3, 0.4) is 0 Å².